The van der Waals surface area contributed by atoms with Crippen molar-refractivity contribution in [3.63, 3.8) is 0 Å². The van der Waals surface area contributed by atoms with Gasteiger partial charge in [0.25, 0.3) is 0 Å². The molecule has 0 aliphatic heterocycles. The van der Waals surface area contributed by atoms with Crippen LogP contribution in [0, 0.1) is 6.92 Å². The van der Waals surface area contributed by atoms with Crippen molar-refractivity contribution < 1.29 is 0 Å². The zero-order valence-electron chi connectivity index (χ0n) is 16.7. The van der Waals surface area contributed by atoms with E-state index in [4.69, 9.17) is 23.2 Å². The van der Waals surface area contributed by atoms with Crippen LogP contribution in [-0.2, 0) is 13.5 Å². The molecule has 0 radical (unpaired) electrons. The van der Waals surface area contributed by atoms with E-state index < -0.39 is 0 Å². The van der Waals surface area contributed by atoms with Crippen LogP contribution >= 0.6 is 23.2 Å². The Labute approximate surface area is 185 Å². The minimum atomic E-state index is 0.508. The molecule has 0 bridgehead atoms. The van der Waals surface area contributed by atoms with E-state index in [1.165, 1.54) is 11.1 Å². The lowest BCUT2D eigenvalue weighted by Gasteiger charge is -2.10. The fourth-order valence-corrected chi connectivity index (χ4v) is 3.57. The van der Waals surface area contributed by atoms with Crippen LogP contribution in [0.2, 0.25) is 10.0 Å². The van der Waals surface area contributed by atoms with E-state index >= 15 is 0 Å². The number of rotatable bonds is 6. The summed E-state index contributed by atoms with van der Waals surface area (Å²) in [5.74, 6) is 1.48. The highest BCUT2D eigenvalue weighted by atomic mass is 35.5. The molecule has 0 amide bonds. The molecule has 0 atom stereocenters. The molecule has 2 heterocycles. The van der Waals surface area contributed by atoms with E-state index in [1.807, 2.05) is 49.2 Å². The van der Waals surface area contributed by atoms with E-state index in [9.17, 15) is 0 Å². The molecule has 0 saturated carbocycles. The molecule has 1 N–H and O–H groups in total. The van der Waals surface area contributed by atoms with Gasteiger partial charge in [0.05, 0.1) is 21.9 Å². The van der Waals surface area contributed by atoms with Gasteiger partial charge >= 0.3 is 0 Å². The van der Waals surface area contributed by atoms with Gasteiger partial charge in [0.2, 0.25) is 0 Å². The van der Waals surface area contributed by atoms with E-state index in [0.29, 0.717) is 15.9 Å². The second kappa shape index (κ2) is 8.86. The molecule has 0 fully saturated rings. The zero-order valence-corrected chi connectivity index (χ0v) is 18.2. The molecular formula is C23H21Cl2N5. The summed E-state index contributed by atoms with van der Waals surface area (Å²) in [6.07, 6.45) is 4.77. The van der Waals surface area contributed by atoms with Gasteiger partial charge < -0.3 is 5.32 Å². The molecule has 4 aromatic rings. The van der Waals surface area contributed by atoms with Gasteiger partial charge in [-0.2, -0.15) is 5.10 Å². The average molecular weight is 438 g/mol. The van der Waals surface area contributed by atoms with Gasteiger partial charge in [0.15, 0.2) is 0 Å². The molecule has 0 saturated heterocycles. The van der Waals surface area contributed by atoms with Crippen molar-refractivity contribution in [1.82, 2.24) is 19.7 Å². The van der Waals surface area contributed by atoms with Gasteiger partial charge in [-0.1, -0.05) is 53.5 Å². The van der Waals surface area contributed by atoms with Crippen molar-refractivity contribution in [3.8, 4) is 22.4 Å². The van der Waals surface area contributed by atoms with E-state index in [2.05, 4.69) is 44.6 Å². The van der Waals surface area contributed by atoms with Crippen LogP contribution < -0.4 is 5.32 Å². The van der Waals surface area contributed by atoms with Gasteiger partial charge in [0, 0.05) is 37.0 Å². The Morgan fingerprint density at radius 2 is 1.80 bits per heavy atom. The first kappa shape index (κ1) is 20.4. The first-order chi connectivity index (χ1) is 14.5. The summed E-state index contributed by atoms with van der Waals surface area (Å²) < 4.78 is 1.81. The van der Waals surface area contributed by atoms with Gasteiger partial charge in [-0.3, -0.25) is 4.68 Å². The average Bonchev–Trinajstić information content (AvgIpc) is 3.16. The standard InChI is InChI=1S/C23H21Cl2N5/c1-15-28-22(18-6-7-20(24)21(25)11-18)12-23(29-15)26-9-8-16-4-3-5-17(10-16)19-13-27-30(2)14-19/h3-7,10-14H,8-9H2,1-2H3,(H,26,28,29). The first-order valence-electron chi connectivity index (χ1n) is 9.61. The Hall–Kier alpha value is -2.89. The summed E-state index contributed by atoms with van der Waals surface area (Å²) in [7, 11) is 1.92. The number of aryl methyl sites for hydroxylation is 2. The summed E-state index contributed by atoms with van der Waals surface area (Å²) in [5.41, 5.74) is 5.24. The number of nitrogens with one attached hydrogen (secondary N) is 1. The highest BCUT2D eigenvalue weighted by molar-refractivity contribution is 6.42. The van der Waals surface area contributed by atoms with Crippen molar-refractivity contribution >= 4 is 29.0 Å². The topological polar surface area (TPSA) is 55.6 Å². The Kier molecular flexibility index (Phi) is 6.02. The molecule has 2 aromatic carbocycles. The monoisotopic (exact) mass is 437 g/mol. The second-order valence-corrected chi connectivity index (χ2v) is 7.91. The fourth-order valence-electron chi connectivity index (χ4n) is 3.27. The molecule has 0 aliphatic rings. The third-order valence-electron chi connectivity index (χ3n) is 4.74. The number of nitrogens with zero attached hydrogens (tertiary/aromatic N) is 4. The number of hydrogen-bond acceptors (Lipinski definition) is 4. The van der Waals surface area contributed by atoms with Crippen LogP contribution in [0.4, 0.5) is 5.82 Å². The molecule has 7 heteroatoms. The summed E-state index contributed by atoms with van der Waals surface area (Å²) in [6, 6.07) is 15.9. The summed E-state index contributed by atoms with van der Waals surface area (Å²) in [4.78, 5) is 9.03. The van der Waals surface area contributed by atoms with Crippen LogP contribution in [0.5, 0.6) is 0 Å². The van der Waals surface area contributed by atoms with Crippen LogP contribution in [0.25, 0.3) is 22.4 Å². The Morgan fingerprint density at radius 3 is 2.57 bits per heavy atom. The fraction of sp³-hybridized carbons (Fsp3) is 0.174. The van der Waals surface area contributed by atoms with E-state index in [0.717, 1.165) is 35.6 Å². The van der Waals surface area contributed by atoms with Crippen molar-refractivity contribution in [1.29, 1.82) is 0 Å². The minimum absolute atomic E-state index is 0.508. The Bertz CT molecular complexity index is 1190. The van der Waals surface area contributed by atoms with Gasteiger partial charge in [0.1, 0.15) is 11.6 Å². The lowest BCUT2D eigenvalue weighted by molar-refractivity contribution is 0.768. The maximum atomic E-state index is 6.16. The van der Waals surface area contributed by atoms with Crippen molar-refractivity contribution in [2.24, 2.45) is 7.05 Å². The first-order valence-corrected chi connectivity index (χ1v) is 10.4. The highest BCUT2D eigenvalue weighted by Gasteiger charge is 2.07. The van der Waals surface area contributed by atoms with Crippen LogP contribution in [-0.4, -0.2) is 26.3 Å². The summed E-state index contributed by atoms with van der Waals surface area (Å²) >= 11 is 12.2. The quantitative estimate of drug-likeness (QED) is 0.413. The number of halogens is 2. The molecular weight excluding hydrogens is 417 g/mol. The normalized spacial score (nSPS) is 10.9. The highest BCUT2D eigenvalue weighted by Crippen LogP contribution is 2.28. The lowest BCUT2D eigenvalue weighted by Crippen LogP contribution is -2.08. The number of anilines is 1. The number of aromatic nitrogens is 4. The van der Waals surface area contributed by atoms with Crippen LogP contribution in [0.15, 0.2) is 60.9 Å². The van der Waals surface area contributed by atoms with Crippen molar-refractivity contribution in [2.45, 2.75) is 13.3 Å². The third-order valence-corrected chi connectivity index (χ3v) is 5.48. The molecule has 0 spiro atoms. The molecule has 5 nitrogen and oxygen atoms in total. The molecule has 0 unspecified atom stereocenters. The van der Waals surface area contributed by atoms with Gasteiger partial charge in [-0.25, -0.2) is 9.97 Å². The number of hydrogen-bond donors (Lipinski definition) is 1. The molecule has 4 rings (SSSR count). The van der Waals surface area contributed by atoms with Crippen LogP contribution in [0.1, 0.15) is 11.4 Å². The Morgan fingerprint density at radius 1 is 0.933 bits per heavy atom. The largest absolute Gasteiger partial charge is 0.370 e. The smallest absolute Gasteiger partial charge is 0.130 e. The molecule has 2 aromatic heterocycles. The van der Waals surface area contributed by atoms with E-state index in [1.54, 1.807) is 6.07 Å². The van der Waals surface area contributed by atoms with Gasteiger partial charge in [-0.15, -0.1) is 0 Å². The SMILES string of the molecule is Cc1nc(NCCc2cccc(-c3cnn(C)c3)c2)cc(-c2ccc(Cl)c(Cl)c2)n1. The molecule has 152 valence electrons. The number of benzene rings is 2. The lowest BCUT2D eigenvalue weighted by atomic mass is 10.0. The van der Waals surface area contributed by atoms with Gasteiger partial charge in [-0.05, 0) is 36.6 Å². The molecule has 0 aliphatic carbocycles. The molecule has 30 heavy (non-hydrogen) atoms. The Balaban J connectivity index is 1.45. The van der Waals surface area contributed by atoms with E-state index in [-0.39, 0.29) is 0 Å². The summed E-state index contributed by atoms with van der Waals surface area (Å²) in [6.45, 7) is 2.64. The predicted molar refractivity (Wildman–Crippen MR) is 123 cm³/mol. The van der Waals surface area contributed by atoms with Crippen molar-refractivity contribution in [2.75, 3.05) is 11.9 Å². The maximum absolute atomic E-state index is 6.16. The predicted octanol–water partition coefficient (Wildman–Crippen LogP) is 5.81. The third kappa shape index (κ3) is 4.81. The minimum Gasteiger partial charge on any atom is -0.370 e. The second-order valence-electron chi connectivity index (χ2n) is 7.09. The van der Waals surface area contributed by atoms with Crippen LogP contribution in [0.3, 0.4) is 0 Å². The zero-order chi connectivity index (χ0) is 21.1. The maximum Gasteiger partial charge on any atom is 0.130 e. The summed E-state index contributed by atoms with van der Waals surface area (Å²) in [5, 5.41) is 8.69. The van der Waals surface area contributed by atoms with Crippen molar-refractivity contribution in [3.05, 3.63) is 82.4 Å².